The summed E-state index contributed by atoms with van der Waals surface area (Å²) in [6.45, 7) is 4.03. The number of nitrogens with one attached hydrogen (secondary N) is 2. The smallest absolute Gasteiger partial charge is 0.406 e. The molecule has 0 aliphatic carbocycles. The highest BCUT2D eigenvalue weighted by Crippen LogP contribution is 2.28. The molecule has 2 N–H and O–H groups in total. The monoisotopic (exact) mass is 493 g/mol. The summed E-state index contributed by atoms with van der Waals surface area (Å²) in [5.41, 5.74) is 6.71. The Morgan fingerprint density at radius 2 is 1.92 bits per heavy atom. The van der Waals surface area contributed by atoms with E-state index in [9.17, 15) is 18.0 Å². The molecule has 1 aromatic heterocycles. The molecular weight excluding hydrogens is 471 g/mol. The zero-order chi connectivity index (χ0) is 25.9. The summed E-state index contributed by atoms with van der Waals surface area (Å²) >= 11 is 0. The third kappa shape index (κ3) is 5.75. The van der Waals surface area contributed by atoms with E-state index >= 15 is 0 Å². The van der Waals surface area contributed by atoms with E-state index in [2.05, 4.69) is 37.7 Å². The van der Waals surface area contributed by atoms with Crippen LogP contribution in [0.5, 0.6) is 5.75 Å². The first-order valence-electron chi connectivity index (χ1n) is 11.0. The minimum absolute atomic E-state index is 0.204. The molecule has 0 spiro atoms. The van der Waals surface area contributed by atoms with E-state index in [4.69, 9.17) is 0 Å². The normalized spacial score (nSPS) is 11.6. The van der Waals surface area contributed by atoms with Gasteiger partial charge in [0, 0.05) is 12.6 Å². The molecule has 0 aliphatic heterocycles. The summed E-state index contributed by atoms with van der Waals surface area (Å²) in [6.07, 6.45) is -3.26. The number of hydrogen-bond donors (Lipinski definition) is 2. The van der Waals surface area contributed by atoms with Crippen LogP contribution < -0.4 is 15.5 Å². The summed E-state index contributed by atoms with van der Waals surface area (Å²) in [5.74, 6) is 0.478. The number of hydrogen-bond acceptors (Lipinski definition) is 4. The first-order chi connectivity index (χ1) is 17.1. The van der Waals surface area contributed by atoms with Gasteiger partial charge in [0.2, 0.25) is 0 Å². The van der Waals surface area contributed by atoms with E-state index in [1.54, 1.807) is 12.1 Å². The van der Waals surface area contributed by atoms with Gasteiger partial charge in [0.05, 0.1) is 22.9 Å². The lowest BCUT2D eigenvalue weighted by atomic mass is 10.0. The standard InChI is InChI=1S/C26H22F3N5O2/c1-16(2)20-6-4-5-7-21(20)32-25(35)33-30-15-17-8-13-23-22(14-17)31-24(34(23)3)18-9-11-19(12-10-18)36-26(27,28)29/h4,6,8-16H,1-3H3,(H2,32,33,35)/b30-15+. The van der Waals surface area contributed by atoms with Crippen LogP contribution in [0.3, 0.4) is 0 Å². The number of rotatable bonds is 6. The number of carbonyl (C=O) groups is 1. The van der Waals surface area contributed by atoms with Crippen molar-refractivity contribution in [3.8, 4) is 17.1 Å². The minimum Gasteiger partial charge on any atom is -0.406 e. The summed E-state index contributed by atoms with van der Waals surface area (Å²) in [4.78, 5) is 16.8. The number of urea groups is 1. The Balaban J connectivity index is 1.46. The lowest BCUT2D eigenvalue weighted by Gasteiger charge is -2.10. The van der Waals surface area contributed by atoms with Crippen LogP contribution in [-0.4, -0.2) is 28.2 Å². The second-order valence-corrected chi connectivity index (χ2v) is 8.23. The van der Waals surface area contributed by atoms with Crippen molar-refractivity contribution in [1.82, 2.24) is 15.0 Å². The van der Waals surface area contributed by atoms with Gasteiger partial charge in [0.25, 0.3) is 0 Å². The molecule has 0 fully saturated rings. The van der Waals surface area contributed by atoms with Crippen LogP contribution in [-0.2, 0) is 7.05 Å². The Bertz CT molecular complexity index is 1410. The van der Waals surface area contributed by atoms with Crippen molar-refractivity contribution in [2.75, 3.05) is 5.32 Å². The van der Waals surface area contributed by atoms with E-state index in [-0.39, 0.29) is 11.7 Å². The topological polar surface area (TPSA) is 80.5 Å². The number of alkyl halides is 3. The third-order valence-corrected chi connectivity index (χ3v) is 5.32. The van der Waals surface area contributed by atoms with Gasteiger partial charge in [-0.3, -0.25) is 5.32 Å². The van der Waals surface area contributed by atoms with Gasteiger partial charge in [-0.2, -0.15) is 5.10 Å². The highest BCUT2D eigenvalue weighted by molar-refractivity contribution is 5.92. The van der Waals surface area contributed by atoms with Crippen molar-refractivity contribution in [3.63, 3.8) is 0 Å². The third-order valence-electron chi connectivity index (χ3n) is 5.32. The van der Waals surface area contributed by atoms with Crippen LogP contribution in [0.1, 0.15) is 30.9 Å². The number of benzene rings is 2. The Morgan fingerprint density at radius 1 is 1.17 bits per heavy atom. The minimum atomic E-state index is -4.75. The zero-order valence-electron chi connectivity index (χ0n) is 19.6. The van der Waals surface area contributed by atoms with Crippen LogP contribution >= 0.6 is 0 Å². The lowest BCUT2D eigenvalue weighted by Crippen LogP contribution is -2.24. The summed E-state index contributed by atoms with van der Waals surface area (Å²) in [6, 6.07) is 19.8. The molecule has 0 radical (unpaired) electrons. The van der Waals surface area contributed by atoms with E-state index < -0.39 is 12.4 Å². The number of amides is 2. The molecule has 0 atom stereocenters. The maximum Gasteiger partial charge on any atom is 0.573 e. The number of fused-ring (bicyclic) bond motifs is 1. The second-order valence-electron chi connectivity index (χ2n) is 8.23. The van der Waals surface area contributed by atoms with Crippen molar-refractivity contribution in [1.29, 1.82) is 0 Å². The van der Waals surface area contributed by atoms with E-state index in [0.29, 0.717) is 28.2 Å². The van der Waals surface area contributed by atoms with Gasteiger partial charge in [-0.05, 0) is 71.6 Å². The molecule has 3 aromatic carbocycles. The number of imidazole rings is 1. The quantitative estimate of drug-likeness (QED) is 0.255. The Kier molecular flexibility index (Phi) is 6.83. The van der Waals surface area contributed by atoms with Crippen molar-refractivity contribution in [3.05, 3.63) is 77.9 Å². The van der Waals surface area contributed by atoms with Gasteiger partial charge in [-0.15, -0.1) is 13.2 Å². The van der Waals surface area contributed by atoms with Gasteiger partial charge < -0.3 is 9.30 Å². The summed E-state index contributed by atoms with van der Waals surface area (Å²) < 4.78 is 43.0. The fraction of sp³-hybridized carbons (Fsp3) is 0.192. The molecule has 0 saturated heterocycles. The summed E-state index contributed by atoms with van der Waals surface area (Å²) in [5, 5.41) is 6.71. The molecule has 4 aromatic rings. The predicted molar refractivity (Wildman–Crippen MR) is 131 cm³/mol. The molecule has 2 amide bonds. The maximum atomic E-state index is 12.4. The molecule has 0 bridgehead atoms. The molecule has 10 heteroatoms. The highest BCUT2D eigenvalue weighted by atomic mass is 19.4. The average Bonchev–Trinajstić information content (AvgIpc) is 3.14. The van der Waals surface area contributed by atoms with Gasteiger partial charge in [-0.25, -0.2) is 15.2 Å². The first kappa shape index (κ1) is 24.6. The number of halogens is 3. The Hall–Kier alpha value is -4.52. The second kappa shape index (κ2) is 10.00. The van der Waals surface area contributed by atoms with Gasteiger partial charge in [0.15, 0.2) is 0 Å². The van der Waals surface area contributed by atoms with Crippen LogP contribution in [0.15, 0.2) is 59.7 Å². The van der Waals surface area contributed by atoms with Crippen molar-refractivity contribution >= 4 is 29.0 Å². The average molecular weight is 493 g/mol. The number of carbonyl (C=O) groups excluding carboxylic acids is 1. The van der Waals surface area contributed by atoms with Crippen LogP contribution in [0.4, 0.5) is 23.7 Å². The van der Waals surface area contributed by atoms with E-state index in [0.717, 1.165) is 11.1 Å². The molecule has 7 nitrogen and oxygen atoms in total. The largest absolute Gasteiger partial charge is 0.573 e. The Morgan fingerprint density at radius 3 is 2.61 bits per heavy atom. The molecule has 4 rings (SSSR count). The molecule has 0 saturated carbocycles. The van der Waals surface area contributed by atoms with Crippen LogP contribution in [0.25, 0.3) is 22.4 Å². The SMILES string of the molecule is CC(C)c1ccc#cc1NC(=O)N/N=C/c1ccc2c(c1)nc(-c1ccc(OC(F)(F)F)cc1)n2C. The molecule has 36 heavy (non-hydrogen) atoms. The molecular formula is C26H22F3N5O2. The molecule has 0 aliphatic rings. The van der Waals surface area contributed by atoms with Crippen LogP contribution in [0.2, 0.25) is 0 Å². The number of ether oxygens (including phenoxy) is 1. The number of aromatic nitrogens is 2. The maximum absolute atomic E-state index is 12.4. The molecule has 1 heterocycles. The first-order valence-corrected chi connectivity index (χ1v) is 11.0. The van der Waals surface area contributed by atoms with Gasteiger partial charge >= 0.3 is 12.4 Å². The van der Waals surface area contributed by atoms with E-state index in [1.807, 2.05) is 43.7 Å². The predicted octanol–water partition coefficient (Wildman–Crippen LogP) is 6.02. The van der Waals surface area contributed by atoms with Gasteiger partial charge in [0.1, 0.15) is 11.6 Å². The zero-order valence-corrected chi connectivity index (χ0v) is 19.6. The van der Waals surface area contributed by atoms with Crippen molar-refractivity contribution in [2.45, 2.75) is 26.1 Å². The number of aryl methyl sites for hydroxylation is 1. The fourth-order valence-electron chi connectivity index (χ4n) is 3.65. The van der Waals surface area contributed by atoms with E-state index in [1.165, 1.54) is 30.5 Å². The Labute approximate surface area is 205 Å². The van der Waals surface area contributed by atoms with Gasteiger partial charge in [-0.1, -0.05) is 26.0 Å². The highest BCUT2D eigenvalue weighted by Gasteiger charge is 2.31. The van der Waals surface area contributed by atoms with Crippen molar-refractivity contribution < 1.29 is 22.7 Å². The lowest BCUT2D eigenvalue weighted by molar-refractivity contribution is -0.274. The number of anilines is 1. The molecule has 184 valence electrons. The fourth-order valence-corrected chi connectivity index (χ4v) is 3.65. The summed E-state index contributed by atoms with van der Waals surface area (Å²) in [7, 11) is 1.81. The number of hydrazone groups is 1. The molecule has 0 unspecified atom stereocenters. The van der Waals surface area contributed by atoms with Crippen molar-refractivity contribution in [2.24, 2.45) is 12.1 Å². The number of nitrogens with zero attached hydrogens (tertiary/aromatic N) is 3. The van der Waals surface area contributed by atoms with Crippen LogP contribution in [0, 0.1) is 12.1 Å².